The predicted octanol–water partition coefficient (Wildman–Crippen LogP) is 2.41. The molecule has 0 saturated carbocycles. The van der Waals surface area contributed by atoms with Crippen molar-refractivity contribution in [3.8, 4) is 5.88 Å². The van der Waals surface area contributed by atoms with E-state index in [0.29, 0.717) is 32.0 Å². The maximum atomic E-state index is 14.9. The maximum Gasteiger partial charge on any atom is 0.257 e. The Balaban J connectivity index is 1.89. The number of hydrogen-bond acceptors (Lipinski definition) is 7. The molecule has 10 heteroatoms. The van der Waals surface area contributed by atoms with Crippen molar-refractivity contribution < 1.29 is 23.0 Å². The molecular formula is C16H17ClF2N4O3. The molecule has 1 unspecified atom stereocenters. The van der Waals surface area contributed by atoms with Crippen LogP contribution in [0.25, 0.3) is 0 Å². The summed E-state index contributed by atoms with van der Waals surface area (Å²) < 4.78 is 44.0. The van der Waals surface area contributed by atoms with E-state index in [2.05, 4.69) is 15.0 Å². The number of pyridine rings is 1. The molecule has 1 fully saturated rings. The van der Waals surface area contributed by atoms with E-state index in [9.17, 15) is 8.78 Å². The molecule has 0 amide bonds. The highest BCUT2D eigenvalue weighted by molar-refractivity contribution is 6.28. The van der Waals surface area contributed by atoms with Crippen LogP contribution in [0, 0.1) is 11.6 Å². The van der Waals surface area contributed by atoms with E-state index in [1.54, 1.807) is 4.90 Å². The molecule has 0 spiro atoms. The number of rotatable bonds is 6. The first-order valence-electron chi connectivity index (χ1n) is 7.91. The SMILES string of the molecule is COCC(Oc1nc(Cl)nc(N2CCOCC2)c1F)c1ccc(F)cn1. The smallest absolute Gasteiger partial charge is 0.257 e. The maximum absolute atomic E-state index is 14.9. The molecule has 3 rings (SSSR count). The number of ether oxygens (including phenoxy) is 3. The summed E-state index contributed by atoms with van der Waals surface area (Å²) in [6, 6.07) is 2.67. The van der Waals surface area contributed by atoms with Crippen LogP contribution in [0.3, 0.4) is 0 Å². The number of nitrogens with zero attached hydrogens (tertiary/aromatic N) is 4. The number of aromatic nitrogens is 3. The van der Waals surface area contributed by atoms with Gasteiger partial charge >= 0.3 is 0 Å². The lowest BCUT2D eigenvalue weighted by Gasteiger charge is -2.28. The van der Waals surface area contributed by atoms with Crippen molar-refractivity contribution in [1.29, 1.82) is 0 Å². The van der Waals surface area contributed by atoms with Crippen LogP contribution in [-0.4, -0.2) is 55.0 Å². The molecule has 0 bridgehead atoms. The Morgan fingerprint density at radius 1 is 1.27 bits per heavy atom. The largest absolute Gasteiger partial charge is 0.463 e. The van der Waals surface area contributed by atoms with Crippen molar-refractivity contribution in [3.63, 3.8) is 0 Å². The fourth-order valence-corrected chi connectivity index (χ4v) is 2.65. The van der Waals surface area contributed by atoms with Gasteiger partial charge in [0.2, 0.25) is 11.1 Å². The predicted molar refractivity (Wildman–Crippen MR) is 89.5 cm³/mol. The molecule has 2 aromatic rings. The number of morpholine rings is 1. The topological polar surface area (TPSA) is 69.6 Å². The third kappa shape index (κ3) is 4.35. The Kier molecular flexibility index (Phi) is 6.12. The van der Waals surface area contributed by atoms with Gasteiger partial charge < -0.3 is 19.1 Å². The monoisotopic (exact) mass is 386 g/mol. The van der Waals surface area contributed by atoms with Gasteiger partial charge in [-0.25, -0.2) is 4.39 Å². The molecule has 1 saturated heterocycles. The Morgan fingerprint density at radius 3 is 2.69 bits per heavy atom. The third-order valence-electron chi connectivity index (χ3n) is 3.74. The molecule has 26 heavy (non-hydrogen) atoms. The van der Waals surface area contributed by atoms with Crippen LogP contribution in [-0.2, 0) is 9.47 Å². The van der Waals surface area contributed by atoms with Crippen LogP contribution in [0.1, 0.15) is 11.8 Å². The van der Waals surface area contributed by atoms with Crippen LogP contribution in [0.5, 0.6) is 5.88 Å². The Bertz CT molecular complexity index is 745. The van der Waals surface area contributed by atoms with E-state index < -0.39 is 17.7 Å². The zero-order chi connectivity index (χ0) is 18.5. The van der Waals surface area contributed by atoms with Crippen molar-refractivity contribution in [1.82, 2.24) is 15.0 Å². The van der Waals surface area contributed by atoms with Gasteiger partial charge in [-0.3, -0.25) is 4.98 Å². The minimum absolute atomic E-state index is 0.0477. The van der Waals surface area contributed by atoms with Crippen molar-refractivity contribution in [2.24, 2.45) is 0 Å². The molecule has 7 nitrogen and oxygen atoms in total. The zero-order valence-corrected chi connectivity index (χ0v) is 14.7. The first-order valence-corrected chi connectivity index (χ1v) is 8.29. The fourth-order valence-electron chi connectivity index (χ4n) is 2.50. The summed E-state index contributed by atoms with van der Waals surface area (Å²) in [6.45, 7) is 1.94. The van der Waals surface area contributed by atoms with E-state index in [0.717, 1.165) is 6.20 Å². The molecule has 1 atom stereocenters. The van der Waals surface area contributed by atoms with Gasteiger partial charge in [-0.2, -0.15) is 14.4 Å². The number of hydrogen-bond donors (Lipinski definition) is 0. The van der Waals surface area contributed by atoms with E-state index in [-0.39, 0.29) is 23.6 Å². The average Bonchev–Trinajstić information content (AvgIpc) is 2.65. The number of anilines is 1. The third-order valence-corrected chi connectivity index (χ3v) is 3.91. The van der Waals surface area contributed by atoms with Crippen molar-refractivity contribution in [2.75, 3.05) is 44.9 Å². The van der Waals surface area contributed by atoms with Gasteiger partial charge in [0.05, 0.1) is 31.7 Å². The van der Waals surface area contributed by atoms with Gasteiger partial charge in [0.25, 0.3) is 5.88 Å². The van der Waals surface area contributed by atoms with Crippen LogP contribution < -0.4 is 9.64 Å². The van der Waals surface area contributed by atoms with E-state index in [1.165, 1.54) is 19.2 Å². The molecule has 0 aromatic carbocycles. The van der Waals surface area contributed by atoms with Gasteiger partial charge in [0.1, 0.15) is 5.82 Å². The quantitative estimate of drug-likeness (QED) is 0.706. The minimum Gasteiger partial charge on any atom is -0.463 e. The zero-order valence-electron chi connectivity index (χ0n) is 14.0. The van der Waals surface area contributed by atoms with Crippen molar-refractivity contribution in [3.05, 3.63) is 40.9 Å². The van der Waals surface area contributed by atoms with Gasteiger partial charge in [-0.15, -0.1) is 0 Å². The molecule has 3 heterocycles. The molecule has 2 aromatic heterocycles. The van der Waals surface area contributed by atoms with Crippen molar-refractivity contribution in [2.45, 2.75) is 6.10 Å². The van der Waals surface area contributed by atoms with Crippen molar-refractivity contribution >= 4 is 17.4 Å². The Morgan fingerprint density at radius 2 is 2.04 bits per heavy atom. The fraction of sp³-hybridized carbons (Fsp3) is 0.438. The molecule has 0 aliphatic carbocycles. The summed E-state index contributed by atoms with van der Waals surface area (Å²) in [5.74, 6) is -1.50. The average molecular weight is 387 g/mol. The summed E-state index contributed by atoms with van der Waals surface area (Å²) in [4.78, 5) is 13.5. The van der Waals surface area contributed by atoms with Gasteiger partial charge in [0, 0.05) is 20.2 Å². The summed E-state index contributed by atoms with van der Waals surface area (Å²) in [5.41, 5.74) is 0.371. The second-order valence-corrected chi connectivity index (χ2v) is 5.84. The molecule has 140 valence electrons. The molecule has 1 aliphatic rings. The second kappa shape index (κ2) is 8.52. The highest BCUT2D eigenvalue weighted by atomic mass is 35.5. The van der Waals surface area contributed by atoms with Gasteiger partial charge in [0.15, 0.2) is 11.9 Å². The number of methoxy groups -OCH3 is 1. The highest BCUT2D eigenvalue weighted by Crippen LogP contribution is 2.29. The lowest BCUT2D eigenvalue weighted by atomic mass is 10.2. The molecular weight excluding hydrogens is 370 g/mol. The highest BCUT2D eigenvalue weighted by Gasteiger charge is 2.25. The van der Waals surface area contributed by atoms with Crippen LogP contribution in [0.15, 0.2) is 18.3 Å². The minimum atomic E-state index is -0.793. The summed E-state index contributed by atoms with van der Waals surface area (Å²) in [7, 11) is 1.46. The van der Waals surface area contributed by atoms with Crippen LogP contribution >= 0.6 is 11.6 Å². The van der Waals surface area contributed by atoms with E-state index in [1.807, 2.05) is 0 Å². The lowest BCUT2D eigenvalue weighted by Crippen LogP contribution is -2.37. The Labute approximate surface area is 153 Å². The second-order valence-electron chi connectivity index (χ2n) is 5.50. The molecule has 1 aliphatic heterocycles. The molecule has 0 radical (unpaired) electrons. The van der Waals surface area contributed by atoms with E-state index >= 15 is 0 Å². The normalized spacial score (nSPS) is 15.8. The standard InChI is InChI=1S/C16H17ClF2N4O3/c1-24-9-12(11-3-2-10(18)8-20-11)26-15-13(19)14(21-16(17)22-15)23-4-6-25-7-5-23/h2-3,8,12H,4-7,9H2,1H3. The first-order chi connectivity index (χ1) is 12.6. The Hall–Kier alpha value is -2.10. The summed E-state index contributed by atoms with van der Waals surface area (Å²) in [6.07, 6.45) is 0.253. The van der Waals surface area contributed by atoms with E-state index in [4.69, 9.17) is 25.8 Å². The summed E-state index contributed by atoms with van der Waals surface area (Å²) in [5, 5.41) is -0.147. The lowest BCUT2D eigenvalue weighted by molar-refractivity contribution is 0.0718. The number of halogens is 3. The van der Waals surface area contributed by atoms with Gasteiger partial charge in [-0.1, -0.05) is 0 Å². The van der Waals surface area contributed by atoms with Crippen LogP contribution in [0.4, 0.5) is 14.6 Å². The molecule has 0 N–H and O–H groups in total. The van der Waals surface area contributed by atoms with Crippen LogP contribution in [0.2, 0.25) is 5.28 Å². The summed E-state index contributed by atoms with van der Waals surface area (Å²) >= 11 is 5.95. The van der Waals surface area contributed by atoms with Gasteiger partial charge in [-0.05, 0) is 23.7 Å². The first kappa shape index (κ1) is 18.7.